The van der Waals surface area contributed by atoms with Gasteiger partial charge in [-0.1, -0.05) is 12.8 Å². The van der Waals surface area contributed by atoms with E-state index < -0.39 is 5.97 Å². The molecule has 1 N–H and O–H groups in total. The molecule has 0 amide bonds. The molecule has 0 aromatic heterocycles. The highest BCUT2D eigenvalue weighted by Crippen LogP contribution is 2.47. The Morgan fingerprint density at radius 3 is 2.58 bits per heavy atom. The van der Waals surface area contributed by atoms with E-state index >= 15 is 0 Å². The number of hydrogen-bond acceptors (Lipinski definition) is 1. The van der Waals surface area contributed by atoms with Gasteiger partial charge in [0.25, 0.3) is 0 Å². The second kappa shape index (κ2) is 3.08. The summed E-state index contributed by atoms with van der Waals surface area (Å²) in [7, 11) is 0. The van der Waals surface area contributed by atoms with Crippen molar-refractivity contribution in [1.29, 1.82) is 0 Å². The minimum atomic E-state index is -0.575. The normalized spacial score (nSPS) is 40.8. The van der Waals surface area contributed by atoms with Gasteiger partial charge < -0.3 is 5.11 Å². The number of fused-ring (bicyclic) bond motifs is 1. The smallest absolute Gasteiger partial charge is 0.306 e. The van der Waals surface area contributed by atoms with Crippen LogP contribution in [0.15, 0.2) is 0 Å². The van der Waals surface area contributed by atoms with E-state index in [0.717, 1.165) is 31.1 Å². The molecule has 12 heavy (non-hydrogen) atoms. The molecule has 0 aromatic carbocycles. The van der Waals surface area contributed by atoms with Gasteiger partial charge in [0.1, 0.15) is 0 Å². The highest BCUT2D eigenvalue weighted by Gasteiger charge is 2.38. The van der Waals surface area contributed by atoms with Crippen LogP contribution in [0.4, 0.5) is 0 Å². The lowest BCUT2D eigenvalue weighted by Crippen LogP contribution is -2.15. The van der Waals surface area contributed by atoms with Crippen molar-refractivity contribution in [2.45, 2.75) is 38.5 Å². The summed E-state index contributed by atoms with van der Waals surface area (Å²) < 4.78 is 0. The van der Waals surface area contributed by atoms with Crippen molar-refractivity contribution in [3.63, 3.8) is 0 Å². The van der Waals surface area contributed by atoms with Gasteiger partial charge in [0.2, 0.25) is 0 Å². The first kappa shape index (κ1) is 8.09. The molecule has 2 aliphatic carbocycles. The van der Waals surface area contributed by atoms with Gasteiger partial charge in [-0.3, -0.25) is 4.79 Å². The third-order valence-electron chi connectivity index (χ3n) is 3.43. The van der Waals surface area contributed by atoms with Crippen LogP contribution < -0.4 is 0 Å². The van der Waals surface area contributed by atoms with Crippen molar-refractivity contribution in [2.75, 3.05) is 0 Å². The van der Waals surface area contributed by atoms with E-state index in [0.29, 0.717) is 0 Å². The zero-order chi connectivity index (χ0) is 8.55. The van der Waals surface area contributed by atoms with Gasteiger partial charge in [-0.15, -0.1) is 0 Å². The zero-order valence-corrected chi connectivity index (χ0v) is 7.33. The highest BCUT2D eigenvalue weighted by molar-refractivity contribution is 5.69. The predicted octanol–water partition coefficient (Wildman–Crippen LogP) is 2.29. The van der Waals surface area contributed by atoms with Crippen molar-refractivity contribution in [1.82, 2.24) is 0 Å². The lowest BCUT2D eigenvalue weighted by molar-refractivity contribution is -0.142. The van der Waals surface area contributed by atoms with Gasteiger partial charge in [-0.2, -0.15) is 0 Å². The fourth-order valence-electron chi connectivity index (χ4n) is 2.45. The van der Waals surface area contributed by atoms with Crippen LogP contribution >= 0.6 is 0 Å². The van der Waals surface area contributed by atoms with Crippen molar-refractivity contribution in [3.05, 3.63) is 0 Å². The molecule has 0 radical (unpaired) electrons. The van der Waals surface area contributed by atoms with Crippen LogP contribution in [0.25, 0.3) is 0 Å². The molecule has 2 fully saturated rings. The Balaban J connectivity index is 1.87. The molecular formula is C10H16O2. The summed E-state index contributed by atoms with van der Waals surface area (Å²) >= 11 is 0. The first-order valence-electron chi connectivity index (χ1n) is 5.00. The van der Waals surface area contributed by atoms with E-state index in [2.05, 4.69) is 0 Å². The van der Waals surface area contributed by atoms with E-state index in [4.69, 9.17) is 5.11 Å². The fraction of sp³-hybridized carbons (Fsp3) is 0.900. The highest BCUT2D eigenvalue weighted by atomic mass is 16.4. The standard InChI is InChI=1S/C10H16O2/c11-10(12)7-2-1-3-8-6-9(8)5-4-7/h7-9H,1-6H2,(H,11,12)/t7-,8+,9+/m1/s1. The van der Waals surface area contributed by atoms with Gasteiger partial charge in [0, 0.05) is 0 Å². The van der Waals surface area contributed by atoms with Crippen LogP contribution in [0.3, 0.4) is 0 Å². The molecule has 2 aliphatic rings. The Morgan fingerprint density at radius 1 is 1.08 bits per heavy atom. The lowest BCUT2D eigenvalue weighted by atomic mass is 9.91. The number of hydrogen-bond donors (Lipinski definition) is 1. The second-order valence-electron chi connectivity index (χ2n) is 4.30. The third kappa shape index (κ3) is 1.62. The van der Waals surface area contributed by atoms with Crippen LogP contribution in [0.5, 0.6) is 0 Å². The Bertz CT molecular complexity index is 188. The summed E-state index contributed by atoms with van der Waals surface area (Å²) in [6.07, 6.45) is 6.82. The number of aliphatic carboxylic acids is 1. The molecule has 0 bridgehead atoms. The fourth-order valence-corrected chi connectivity index (χ4v) is 2.45. The van der Waals surface area contributed by atoms with Gasteiger partial charge in [0.15, 0.2) is 0 Å². The molecule has 68 valence electrons. The first-order chi connectivity index (χ1) is 5.77. The molecule has 0 saturated heterocycles. The van der Waals surface area contributed by atoms with Crippen LogP contribution in [0.1, 0.15) is 38.5 Å². The molecular weight excluding hydrogens is 152 g/mol. The average Bonchev–Trinajstić information content (AvgIpc) is 2.66. The van der Waals surface area contributed by atoms with Crippen LogP contribution in [-0.2, 0) is 4.79 Å². The quantitative estimate of drug-likeness (QED) is 0.652. The lowest BCUT2D eigenvalue weighted by Gasteiger charge is -2.14. The van der Waals surface area contributed by atoms with Crippen molar-refractivity contribution >= 4 is 5.97 Å². The minimum absolute atomic E-state index is 0.0356. The van der Waals surface area contributed by atoms with Crippen LogP contribution in [0.2, 0.25) is 0 Å². The zero-order valence-electron chi connectivity index (χ0n) is 7.33. The number of carboxylic acid groups (broad SMARTS) is 1. The molecule has 0 unspecified atom stereocenters. The second-order valence-corrected chi connectivity index (χ2v) is 4.30. The molecule has 0 spiro atoms. The van der Waals surface area contributed by atoms with Gasteiger partial charge >= 0.3 is 5.97 Å². The average molecular weight is 168 g/mol. The maximum atomic E-state index is 10.7. The summed E-state index contributed by atoms with van der Waals surface area (Å²) in [6, 6.07) is 0. The largest absolute Gasteiger partial charge is 0.481 e. The van der Waals surface area contributed by atoms with Crippen LogP contribution in [-0.4, -0.2) is 11.1 Å². The molecule has 2 nitrogen and oxygen atoms in total. The third-order valence-corrected chi connectivity index (χ3v) is 3.43. The Hall–Kier alpha value is -0.530. The topological polar surface area (TPSA) is 37.3 Å². The summed E-state index contributed by atoms with van der Waals surface area (Å²) in [6.45, 7) is 0. The SMILES string of the molecule is O=C(O)[C@@H]1CCC[C@H]2C[C@@H]2CC1. The first-order valence-corrected chi connectivity index (χ1v) is 5.00. The molecule has 0 aromatic rings. The molecule has 2 rings (SSSR count). The van der Waals surface area contributed by atoms with Crippen LogP contribution in [0, 0.1) is 17.8 Å². The summed E-state index contributed by atoms with van der Waals surface area (Å²) in [5, 5.41) is 8.85. The maximum Gasteiger partial charge on any atom is 0.306 e. The van der Waals surface area contributed by atoms with E-state index in [9.17, 15) is 4.79 Å². The summed E-state index contributed by atoms with van der Waals surface area (Å²) in [5.74, 6) is 1.26. The van der Waals surface area contributed by atoms with E-state index in [1.54, 1.807) is 0 Å². The summed E-state index contributed by atoms with van der Waals surface area (Å²) in [4.78, 5) is 10.7. The Labute approximate surface area is 73.0 Å². The van der Waals surface area contributed by atoms with Gasteiger partial charge in [-0.05, 0) is 37.5 Å². The molecule has 3 atom stereocenters. The maximum absolute atomic E-state index is 10.7. The Kier molecular flexibility index (Phi) is 2.07. The predicted molar refractivity (Wildman–Crippen MR) is 45.8 cm³/mol. The summed E-state index contributed by atoms with van der Waals surface area (Å²) in [5.41, 5.74) is 0. The number of carboxylic acids is 1. The number of carbonyl (C=O) groups is 1. The monoisotopic (exact) mass is 168 g/mol. The van der Waals surface area contributed by atoms with Gasteiger partial charge in [-0.25, -0.2) is 0 Å². The molecule has 2 heteroatoms. The van der Waals surface area contributed by atoms with E-state index in [-0.39, 0.29) is 5.92 Å². The molecule has 2 saturated carbocycles. The van der Waals surface area contributed by atoms with Crippen molar-refractivity contribution in [3.8, 4) is 0 Å². The Morgan fingerprint density at radius 2 is 1.83 bits per heavy atom. The van der Waals surface area contributed by atoms with E-state index in [1.807, 2.05) is 0 Å². The van der Waals surface area contributed by atoms with Gasteiger partial charge in [0.05, 0.1) is 5.92 Å². The minimum Gasteiger partial charge on any atom is -0.481 e. The molecule has 0 aliphatic heterocycles. The number of rotatable bonds is 1. The van der Waals surface area contributed by atoms with E-state index in [1.165, 1.54) is 19.3 Å². The van der Waals surface area contributed by atoms with Crippen molar-refractivity contribution in [2.24, 2.45) is 17.8 Å². The van der Waals surface area contributed by atoms with Crippen molar-refractivity contribution < 1.29 is 9.90 Å². The molecule has 0 heterocycles.